The molecule has 0 aliphatic carbocycles. The van der Waals surface area contributed by atoms with Gasteiger partial charge < -0.3 is 24.4 Å². The molecule has 1 aromatic rings. The molecule has 2 rings (SSSR count). The maximum atomic E-state index is 12.3. The summed E-state index contributed by atoms with van der Waals surface area (Å²) in [5, 5.41) is 11.0. The molecule has 1 aliphatic heterocycles. The van der Waals surface area contributed by atoms with Crippen LogP contribution in [0.2, 0.25) is 0 Å². The average molecular weight is 460 g/mol. The van der Waals surface area contributed by atoms with Crippen LogP contribution in [-0.2, 0) is 22.4 Å². The van der Waals surface area contributed by atoms with E-state index in [2.05, 4.69) is 31.8 Å². The summed E-state index contributed by atoms with van der Waals surface area (Å²) in [5.74, 6) is 1.92. The molecule has 1 aliphatic rings. The highest BCUT2D eigenvalue weighted by atomic mass is 32.2. The third-order valence-corrected chi connectivity index (χ3v) is 7.06. The van der Waals surface area contributed by atoms with Gasteiger partial charge in [-0.3, -0.25) is 4.79 Å². The van der Waals surface area contributed by atoms with Gasteiger partial charge in [-0.25, -0.2) is 0 Å². The quantitative estimate of drug-likeness (QED) is 0.234. The number of carboxylic acid groups (broad SMARTS) is 1. The van der Waals surface area contributed by atoms with Gasteiger partial charge in [-0.15, -0.1) is 0 Å². The van der Waals surface area contributed by atoms with Crippen molar-refractivity contribution in [2.24, 2.45) is 0 Å². The average Bonchev–Trinajstić information content (AvgIpc) is 3.19. The molecule has 0 aromatic heterocycles. The van der Waals surface area contributed by atoms with Gasteiger partial charge in [0.05, 0.1) is 0 Å². The summed E-state index contributed by atoms with van der Waals surface area (Å²) < 4.78 is 23.0. The highest BCUT2D eigenvalue weighted by Crippen LogP contribution is 2.33. The number of ether oxygens (including phenoxy) is 2. The fourth-order valence-corrected chi connectivity index (χ4v) is 4.62. The smallest absolute Gasteiger partial charge is 0.321 e. The van der Waals surface area contributed by atoms with Crippen LogP contribution in [0.25, 0.3) is 0 Å². The predicted octanol–water partition coefficient (Wildman–Crippen LogP) is 4.04. The second-order valence-electron chi connectivity index (χ2n) is 7.42. The van der Waals surface area contributed by atoms with Crippen molar-refractivity contribution in [1.29, 1.82) is 0 Å². The van der Waals surface area contributed by atoms with E-state index < -0.39 is 23.2 Å². The largest absolute Gasteiger partial charge is 0.616 e. The molecule has 0 bridgehead atoms. The van der Waals surface area contributed by atoms with Crippen LogP contribution in [0.15, 0.2) is 18.2 Å². The SMILES string of the molecule is CCCCCCCC[S+]([O-])C(C)Cc1ccc2c(c1)OCO2.CNC(CS)C(=O)O. The molecular weight excluding hydrogens is 422 g/mol. The van der Waals surface area contributed by atoms with E-state index in [1.807, 2.05) is 18.2 Å². The molecule has 0 radical (unpaired) electrons. The standard InChI is InChI=1S/C18H28O3S.C4H9NO2S/c1-3-4-5-6-7-8-11-22(19)15(2)12-16-9-10-17-18(13-16)21-14-20-17;1-5-3(2-8)4(6)7/h9-10,13,15H,3-8,11-12,14H2,1-2H3;3,5,8H,2H2,1H3,(H,6,7). The van der Waals surface area contributed by atoms with Gasteiger partial charge in [0.25, 0.3) is 0 Å². The summed E-state index contributed by atoms with van der Waals surface area (Å²) in [6, 6.07) is 5.49. The number of benzene rings is 1. The van der Waals surface area contributed by atoms with Crippen LogP contribution in [0.4, 0.5) is 0 Å². The van der Waals surface area contributed by atoms with Crippen molar-refractivity contribution in [3.05, 3.63) is 23.8 Å². The number of hydrogen-bond donors (Lipinski definition) is 3. The lowest BCUT2D eigenvalue weighted by atomic mass is 10.1. The molecule has 0 amide bonds. The van der Waals surface area contributed by atoms with Crippen LogP contribution in [0, 0.1) is 0 Å². The van der Waals surface area contributed by atoms with Crippen LogP contribution in [-0.4, -0.2) is 52.3 Å². The zero-order valence-corrected chi connectivity index (χ0v) is 20.1. The normalized spacial score (nSPS) is 15.1. The Hall–Kier alpha value is -1.09. The molecule has 2 N–H and O–H groups in total. The molecule has 0 saturated heterocycles. The molecule has 8 heteroatoms. The molecule has 172 valence electrons. The Balaban J connectivity index is 0.000000479. The van der Waals surface area contributed by atoms with Crippen LogP contribution in [0.5, 0.6) is 11.5 Å². The van der Waals surface area contributed by atoms with Crippen molar-refractivity contribution in [3.63, 3.8) is 0 Å². The fraction of sp³-hybridized carbons (Fsp3) is 0.682. The molecule has 1 aromatic carbocycles. The summed E-state index contributed by atoms with van der Waals surface area (Å²) in [6.45, 7) is 4.61. The molecule has 6 nitrogen and oxygen atoms in total. The lowest BCUT2D eigenvalue weighted by Crippen LogP contribution is -2.35. The molecule has 1 heterocycles. The second-order valence-corrected chi connectivity index (χ2v) is 9.76. The maximum Gasteiger partial charge on any atom is 0.321 e. The van der Waals surface area contributed by atoms with Crippen LogP contribution < -0.4 is 14.8 Å². The predicted molar refractivity (Wildman–Crippen MR) is 126 cm³/mol. The van der Waals surface area contributed by atoms with E-state index in [1.54, 1.807) is 7.05 Å². The first kappa shape index (κ1) is 26.9. The number of unbranched alkanes of at least 4 members (excludes halogenated alkanes) is 5. The third-order valence-electron chi connectivity index (χ3n) is 4.94. The van der Waals surface area contributed by atoms with Crippen molar-refractivity contribution in [1.82, 2.24) is 5.32 Å². The van der Waals surface area contributed by atoms with Gasteiger partial charge >= 0.3 is 5.97 Å². The minimum atomic E-state index is -0.859. The highest BCUT2D eigenvalue weighted by Gasteiger charge is 2.19. The lowest BCUT2D eigenvalue weighted by Gasteiger charge is -2.18. The zero-order valence-electron chi connectivity index (χ0n) is 18.4. The van der Waals surface area contributed by atoms with Crippen molar-refractivity contribution in [2.45, 2.75) is 70.1 Å². The fourth-order valence-electron chi connectivity index (χ4n) is 3.01. The summed E-state index contributed by atoms with van der Waals surface area (Å²) in [6.07, 6.45) is 8.32. The van der Waals surface area contributed by atoms with Crippen LogP contribution in [0.3, 0.4) is 0 Å². The van der Waals surface area contributed by atoms with Gasteiger partial charge in [-0.05, 0) is 44.5 Å². The van der Waals surface area contributed by atoms with E-state index in [4.69, 9.17) is 14.6 Å². The van der Waals surface area contributed by atoms with Gasteiger partial charge in [0.15, 0.2) is 11.5 Å². The molecule has 0 saturated carbocycles. The van der Waals surface area contributed by atoms with Crippen LogP contribution in [0.1, 0.15) is 57.9 Å². The number of aliphatic carboxylic acids is 1. The number of rotatable bonds is 13. The summed E-state index contributed by atoms with van der Waals surface area (Å²) >= 11 is 3.05. The number of hydrogen-bond acceptors (Lipinski definition) is 6. The van der Waals surface area contributed by atoms with Gasteiger partial charge in [0, 0.05) is 12.2 Å². The highest BCUT2D eigenvalue weighted by molar-refractivity contribution is 7.92. The van der Waals surface area contributed by atoms with E-state index in [1.165, 1.54) is 37.7 Å². The first-order valence-electron chi connectivity index (χ1n) is 10.7. The van der Waals surface area contributed by atoms with Crippen LogP contribution >= 0.6 is 12.6 Å². The summed E-state index contributed by atoms with van der Waals surface area (Å²) in [4.78, 5) is 10.1. The first-order chi connectivity index (χ1) is 14.4. The third kappa shape index (κ3) is 10.3. The zero-order chi connectivity index (χ0) is 22.4. The van der Waals surface area contributed by atoms with Gasteiger partial charge in [0.1, 0.15) is 17.0 Å². The Morgan fingerprint density at radius 1 is 1.23 bits per heavy atom. The van der Waals surface area contributed by atoms with Crippen molar-refractivity contribution in [3.8, 4) is 11.5 Å². The topological polar surface area (TPSA) is 90.9 Å². The summed E-state index contributed by atoms with van der Waals surface area (Å²) in [5.41, 5.74) is 1.17. The molecule has 0 spiro atoms. The van der Waals surface area contributed by atoms with Gasteiger partial charge in [-0.2, -0.15) is 12.6 Å². The Kier molecular flexibility index (Phi) is 14.1. The lowest BCUT2D eigenvalue weighted by molar-refractivity contribution is -0.138. The van der Waals surface area contributed by atoms with E-state index in [0.717, 1.165) is 30.1 Å². The number of likely N-dealkylation sites (N-methyl/N-ethyl adjacent to an activating group) is 1. The Bertz CT molecular complexity index is 613. The number of carboxylic acids is 1. The molecule has 0 fully saturated rings. The first-order valence-corrected chi connectivity index (χ1v) is 12.7. The Morgan fingerprint density at radius 3 is 2.50 bits per heavy atom. The van der Waals surface area contributed by atoms with Crippen molar-refractivity contribution >= 4 is 29.8 Å². The van der Waals surface area contributed by atoms with E-state index >= 15 is 0 Å². The number of nitrogens with one attached hydrogen (secondary N) is 1. The molecule has 3 atom stereocenters. The Labute approximate surface area is 189 Å². The summed E-state index contributed by atoms with van der Waals surface area (Å²) in [7, 11) is 1.59. The minimum Gasteiger partial charge on any atom is -0.616 e. The molecular formula is C22H37NO5S2. The van der Waals surface area contributed by atoms with Gasteiger partial charge in [-0.1, -0.05) is 49.8 Å². The Morgan fingerprint density at radius 2 is 1.90 bits per heavy atom. The van der Waals surface area contributed by atoms with E-state index in [0.29, 0.717) is 12.5 Å². The number of thiol groups is 1. The van der Waals surface area contributed by atoms with Gasteiger partial charge in [0.2, 0.25) is 6.79 Å². The maximum absolute atomic E-state index is 12.3. The number of carbonyl (C=O) groups is 1. The molecule has 30 heavy (non-hydrogen) atoms. The second kappa shape index (κ2) is 15.7. The number of fused-ring (bicyclic) bond motifs is 1. The molecule has 3 unspecified atom stereocenters. The van der Waals surface area contributed by atoms with Crippen molar-refractivity contribution in [2.75, 3.05) is 25.3 Å². The van der Waals surface area contributed by atoms with Crippen molar-refractivity contribution < 1.29 is 23.9 Å². The monoisotopic (exact) mass is 459 g/mol. The minimum absolute atomic E-state index is 0.191. The van der Waals surface area contributed by atoms with E-state index in [-0.39, 0.29) is 5.25 Å². The van der Waals surface area contributed by atoms with E-state index in [9.17, 15) is 9.35 Å².